The number of aryl methyl sites for hydroxylation is 1. The van der Waals surface area contributed by atoms with Gasteiger partial charge in [-0.05, 0) is 55.5 Å². The minimum Gasteiger partial charge on any atom is -0.457 e. The lowest BCUT2D eigenvalue weighted by Gasteiger charge is -2.08. The van der Waals surface area contributed by atoms with Crippen LogP contribution in [0.4, 0.5) is 5.69 Å². The van der Waals surface area contributed by atoms with E-state index in [2.05, 4.69) is 5.32 Å². The molecule has 0 aliphatic rings. The Bertz CT molecular complexity index is 778. The molecule has 0 fully saturated rings. The minimum atomic E-state index is -0.123. The number of benzene rings is 3. The molecule has 1 N–H and O–H groups in total. The molecule has 0 heterocycles. The van der Waals surface area contributed by atoms with Gasteiger partial charge in [-0.1, -0.05) is 35.9 Å². The number of rotatable bonds is 4. The fraction of sp³-hybridized carbons (Fsp3) is 0.0500. The fourth-order valence-electron chi connectivity index (χ4n) is 2.14. The molecular formula is C20H17NO2. The first kappa shape index (κ1) is 14.9. The first-order valence-electron chi connectivity index (χ1n) is 7.42. The molecule has 23 heavy (non-hydrogen) atoms. The van der Waals surface area contributed by atoms with Crippen molar-refractivity contribution in [3.8, 4) is 11.5 Å². The maximum Gasteiger partial charge on any atom is 0.255 e. The number of hydrogen-bond acceptors (Lipinski definition) is 2. The summed E-state index contributed by atoms with van der Waals surface area (Å²) in [5.74, 6) is 1.38. The van der Waals surface area contributed by atoms with Crippen molar-refractivity contribution in [3.05, 3.63) is 90.0 Å². The number of hydrogen-bond donors (Lipinski definition) is 1. The Morgan fingerprint density at radius 1 is 0.783 bits per heavy atom. The Hall–Kier alpha value is -3.07. The Morgan fingerprint density at radius 3 is 2.04 bits per heavy atom. The fourth-order valence-corrected chi connectivity index (χ4v) is 2.14. The monoisotopic (exact) mass is 303 g/mol. The normalized spacial score (nSPS) is 10.1. The van der Waals surface area contributed by atoms with Crippen LogP contribution in [0.2, 0.25) is 0 Å². The van der Waals surface area contributed by atoms with Gasteiger partial charge in [0.2, 0.25) is 0 Å². The van der Waals surface area contributed by atoms with Crippen LogP contribution in [0, 0.1) is 6.92 Å². The molecule has 3 heteroatoms. The summed E-state index contributed by atoms with van der Waals surface area (Å²) in [5, 5.41) is 2.87. The minimum absolute atomic E-state index is 0.123. The van der Waals surface area contributed by atoms with Crippen molar-refractivity contribution >= 4 is 11.6 Å². The summed E-state index contributed by atoms with van der Waals surface area (Å²) in [6.45, 7) is 1.99. The average molecular weight is 303 g/mol. The number of ether oxygens (including phenoxy) is 1. The van der Waals surface area contributed by atoms with E-state index in [-0.39, 0.29) is 5.91 Å². The molecule has 3 rings (SSSR count). The van der Waals surface area contributed by atoms with Gasteiger partial charge in [0.15, 0.2) is 0 Å². The van der Waals surface area contributed by atoms with Crippen molar-refractivity contribution in [2.45, 2.75) is 6.92 Å². The molecule has 0 spiro atoms. The summed E-state index contributed by atoms with van der Waals surface area (Å²) in [4.78, 5) is 12.2. The van der Waals surface area contributed by atoms with E-state index in [1.807, 2.05) is 85.8 Å². The number of anilines is 1. The number of carbonyl (C=O) groups is 1. The Balaban J connectivity index is 1.65. The highest BCUT2D eigenvalue weighted by Crippen LogP contribution is 2.22. The first-order valence-corrected chi connectivity index (χ1v) is 7.42. The number of para-hydroxylation sites is 1. The molecule has 0 bridgehead atoms. The van der Waals surface area contributed by atoms with Crippen LogP contribution in [0.1, 0.15) is 15.9 Å². The second-order valence-electron chi connectivity index (χ2n) is 5.26. The van der Waals surface area contributed by atoms with E-state index in [9.17, 15) is 4.79 Å². The Morgan fingerprint density at radius 2 is 1.39 bits per heavy atom. The van der Waals surface area contributed by atoms with Gasteiger partial charge in [0, 0.05) is 11.3 Å². The van der Waals surface area contributed by atoms with Crippen LogP contribution in [0.25, 0.3) is 0 Å². The van der Waals surface area contributed by atoms with Crippen molar-refractivity contribution in [1.29, 1.82) is 0 Å². The molecule has 3 aromatic rings. The molecule has 1 amide bonds. The third kappa shape index (κ3) is 3.98. The zero-order chi connectivity index (χ0) is 16.1. The number of nitrogens with one attached hydrogen (secondary N) is 1. The first-order chi connectivity index (χ1) is 11.2. The molecule has 0 saturated carbocycles. The second-order valence-corrected chi connectivity index (χ2v) is 5.26. The summed E-state index contributed by atoms with van der Waals surface area (Å²) in [7, 11) is 0. The van der Waals surface area contributed by atoms with Gasteiger partial charge < -0.3 is 10.1 Å². The van der Waals surface area contributed by atoms with Gasteiger partial charge in [0.1, 0.15) is 11.5 Å². The van der Waals surface area contributed by atoms with Gasteiger partial charge in [-0.15, -0.1) is 0 Å². The molecular weight excluding hydrogens is 286 g/mol. The van der Waals surface area contributed by atoms with Crippen molar-refractivity contribution in [1.82, 2.24) is 0 Å². The van der Waals surface area contributed by atoms with Crippen LogP contribution in [0.15, 0.2) is 78.9 Å². The van der Waals surface area contributed by atoms with Crippen LogP contribution >= 0.6 is 0 Å². The lowest BCUT2D eigenvalue weighted by Crippen LogP contribution is -2.11. The van der Waals surface area contributed by atoms with Crippen molar-refractivity contribution in [3.63, 3.8) is 0 Å². The number of amides is 1. The molecule has 3 nitrogen and oxygen atoms in total. The summed E-state index contributed by atoms with van der Waals surface area (Å²) in [5.41, 5.74) is 2.50. The van der Waals surface area contributed by atoms with Crippen molar-refractivity contribution < 1.29 is 9.53 Å². The van der Waals surface area contributed by atoms with Gasteiger partial charge in [0.25, 0.3) is 5.91 Å². The molecule has 0 aliphatic carbocycles. The third-order valence-electron chi connectivity index (χ3n) is 3.40. The molecule has 3 aromatic carbocycles. The second kappa shape index (κ2) is 6.79. The van der Waals surface area contributed by atoms with Crippen molar-refractivity contribution in [2.24, 2.45) is 0 Å². The van der Waals surface area contributed by atoms with Crippen LogP contribution < -0.4 is 10.1 Å². The molecule has 0 atom stereocenters. The van der Waals surface area contributed by atoms with Gasteiger partial charge in [-0.25, -0.2) is 0 Å². The Kier molecular flexibility index (Phi) is 4.39. The van der Waals surface area contributed by atoms with Crippen LogP contribution in [0.3, 0.4) is 0 Å². The zero-order valence-corrected chi connectivity index (χ0v) is 12.8. The Labute approximate surface area is 135 Å². The van der Waals surface area contributed by atoms with Gasteiger partial charge in [-0.2, -0.15) is 0 Å². The van der Waals surface area contributed by atoms with Gasteiger partial charge in [0.05, 0.1) is 0 Å². The standard InChI is InChI=1S/C20H17NO2/c1-15-7-9-16(10-8-15)20(22)21-17-11-13-19(14-12-17)23-18-5-3-2-4-6-18/h2-14H,1H3,(H,21,22). The lowest BCUT2D eigenvalue weighted by molar-refractivity contribution is 0.102. The van der Waals surface area contributed by atoms with E-state index >= 15 is 0 Å². The van der Waals surface area contributed by atoms with E-state index in [1.165, 1.54) is 0 Å². The molecule has 0 aliphatic heterocycles. The van der Waals surface area contributed by atoms with Gasteiger partial charge in [-0.3, -0.25) is 4.79 Å². The zero-order valence-electron chi connectivity index (χ0n) is 12.8. The summed E-state index contributed by atoms with van der Waals surface area (Å²) in [6.07, 6.45) is 0. The summed E-state index contributed by atoms with van der Waals surface area (Å²) in [6, 6.07) is 24.4. The molecule has 0 radical (unpaired) electrons. The van der Waals surface area contributed by atoms with Crippen LogP contribution in [-0.2, 0) is 0 Å². The SMILES string of the molecule is Cc1ccc(C(=O)Nc2ccc(Oc3ccccc3)cc2)cc1. The highest BCUT2D eigenvalue weighted by atomic mass is 16.5. The highest BCUT2D eigenvalue weighted by Gasteiger charge is 2.05. The van der Waals surface area contributed by atoms with Crippen LogP contribution in [0.5, 0.6) is 11.5 Å². The average Bonchev–Trinajstić information content (AvgIpc) is 2.58. The molecule has 0 unspecified atom stereocenters. The highest BCUT2D eigenvalue weighted by molar-refractivity contribution is 6.04. The van der Waals surface area contributed by atoms with E-state index in [0.717, 1.165) is 22.7 Å². The maximum absolute atomic E-state index is 12.2. The lowest BCUT2D eigenvalue weighted by atomic mass is 10.1. The molecule has 0 saturated heterocycles. The molecule has 0 aromatic heterocycles. The smallest absolute Gasteiger partial charge is 0.255 e. The quantitative estimate of drug-likeness (QED) is 0.733. The van der Waals surface area contributed by atoms with E-state index in [1.54, 1.807) is 0 Å². The third-order valence-corrected chi connectivity index (χ3v) is 3.40. The molecule has 114 valence electrons. The summed E-state index contributed by atoms with van der Waals surface area (Å²) >= 11 is 0. The summed E-state index contributed by atoms with van der Waals surface area (Å²) < 4.78 is 5.72. The largest absolute Gasteiger partial charge is 0.457 e. The van der Waals surface area contributed by atoms with E-state index in [0.29, 0.717) is 5.56 Å². The van der Waals surface area contributed by atoms with Crippen LogP contribution in [-0.4, -0.2) is 5.91 Å². The van der Waals surface area contributed by atoms with Gasteiger partial charge >= 0.3 is 0 Å². The van der Waals surface area contributed by atoms with E-state index < -0.39 is 0 Å². The predicted molar refractivity (Wildman–Crippen MR) is 92.1 cm³/mol. The maximum atomic E-state index is 12.2. The van der Waals surface area contributed by atoms with E-state index in [4.69, 9.17) is 4.74 Å². The van der Waals surface area contributed by atoms with Crippen molar-refractivity contribution in [2.75, 3.05) is 5.32 Å². The predicted octanol–water partition coefficient (Wildman–Crippen LogP) is 5.04. The topological polar surface area (TPSA) is 38.3 Å². The number of carbonyl (C=O) groups excluding carboxylic acids is 1.